The van der Waals surface area contributed by atoms with Crippen LogP contribution in [-0.4, -0.2) is 31.1 Å². The van der Waals surface area contributed by atoms with Crippen molar-refractivity contribution in [3.8, 4) is 5.75 Å². The summed E-state index contributed by atoms with van der Waals surface area (Å²) < 4.78 is 6.41. The van der Waals surface area contributed by atoms with E-state index in [0.29, 0.717) is 18.2 Å². The molecule has 0 saturated carbocycles. The second kappa shape index (κ2) is 8.06. The minimum Gasteiger partial charge on any atom is -0.492 e. The van der Waals surface area contributed by atoms with Gasteiger partial charge < -0.3 is 15.0 Å². The third-order valence-corrected chi connectivity index (χ3v) is 3.91. The summed E-state index contributed by atoms with van der Waals surface area (Å²) in [7, 11) is 1.72. The van der Waals surface area contributed by atoms with E-state index >= 15 is 0 Å². The van der Waals surface area contributed by atoms with Crippen LogP contribution in [0.5, 0.6) is 5.75 Å². The highest BCUT2D eigenvalue weighted by Gasteiger charge is 2.10. The Morgan fingerprint density at radius 3 is 2.59 bits per heavy atom. The standard InChI is InChI=1S/C16H16BrClN2O2/c1-20(10-11-22-13-8-6-12(18)7-9-13)16(21)19-15-5-3-2-4-14(15)17/h2-9H,10-11H2,1H3,(H,19,21). The molecule has 0 spiro atoms. The first-order valence-corrected chi connectivity index (χ1v) is 7.88. The quantitative estimate of drug-likeness (QED) is 0.817. The van der Waals surface area contributed by atoms with Gasteiger partial charge in [0.05, 0.1) is 12.2 Å². The van der Waals surface area contributed by atoms with Crippen molar-refractivity contribution in [2.24, 2.45) is 0 Å². The minimum atomic E-state index is -0.188. The molecule has 0 aromatic heterocycles. The average molecular weight is 384 g/mol. The number of urea groups is 1. The van der Waals surface area contributed by atoms with E-state index in [9.17, 15) is 4.79 Å². The predicted molar refractivity (Wildman–Crippen MR) is 92.7 cm³/mol. The van der Waals surface area contributed by atoms with Gasteiger partial charge in [0.15, 0.2) is 0 Å². The maximum atomic E-state index is 12.1. The van der Waals surface area contributed by atoms with Crippen molar-refractivity contribution in [3.05, 3.63) is 58.0 Å². The van der Waals surface area contributed by atoms with Crippen molar-refractivity contribution in [2.45, 2.75) is 0 Å². The number of carbonyl (C=O) groups is 1. The van der Waals surface area contributed by atoms with Gasteiger partial charge in [0.1, 0.15) is 12.4 Å². The van der Waals surface area contributed by atoms with Crippen molar-refractivity contribution in [1.82, 2.24) is 4.90 Å². The fraction of sp³-hybridized carbons (Fsp3) is 0.188. The minimum absolute atomic E-state index is 0.188. The fourth-order valence-corrected chi connectivity index (χ4v) is 2.22. The Morgan fingerprint density at radius 2 is 1.91 bits per heavy atom. The number of hydrogen-bond acceptors (Lipinski definition) is 2. The second-order valence-electron chi connectivity index (χ2n) is 4.63. The van der Waals surface area contributed by atoms with Crippen LogP contribution in [0.25, 0.3) is 0 Å². The molecule has 6 heteroatoms. The van der Waals surface area contributed by atoms with Gasteiger partial charge >= 0.3 is 6.03 Å². The molecule has 0 unspecified atom stereocenters. The monoisotopic (exact) mass is 382 g/mol. The average Bonchev–Trinajstić information content (AvgIpc) is 2.51. The maximum Gasteiger partial charge on any atom is 0.321 e. The number of halogens is 2. The van der Waals surface area contributed by atoms with Gasteiger partial charge in [-0.05, 0) is 52.3 Å². The number of anilines is 1. The zero-order valence-electron chi connectivity index (χ0n) is 12.1. The van der Waals surface area contributed by atoms with E-state index in [1.807, 2.05) is 24.3 Å². The Hall–Kier alpha value is -1.72. The molecule has 2 aromatic rings. The molecule has 2 aromatic carbocycles. The number of nitrogens with zero attached hydrogens (tertiary/aromatic N) is 1. The molecule has 0 aliphatic rings. The van der Waals surface area contributed by atoms with E-state index in [-0.39, 0.29) is 6.03 Å². The summed E-state index contributed by atoms with van der Waals surface area (Å²) in [6.45, 7) is 0.875. The van der Waals surface area contributed by atoms with Gasteiger partial charge in [0.25, 0.3) is 0 Å². The fourth-order valence-electron chi connectivity index (χ4n) is 1.71. The molecule has 0 heterocycles. The van der Waals surface area contributed by atoms with E-state index in [1.165, 1.54) is 0 Å². The zero-order chi connectivity index (χ0) is 15.9. The van der Waals surface area contributed by atoms with Crippen LogP contribution in [0.4, 0.5) is 10.5 Å². The summed E-state index contributed by atoms with van der Waals surface area (Å²) in [5.41, 5.74) is 0.734. The van der Waals surface area contributed by atoms with E-state index in [2.05, 4.69) is 21.2 Å². The van der Waals surface area contributed by atoms with Crippen LogP contribution in [0.3, 0.4) is 0 Å². The largest absolute Gasteiger partial charge is 0.492 e. The van der Waals surface area contributed by atoms with Crippen molar-refractivity contribution < 1.29 is 9.53 Å². The summed E-state index contributed by atoms with van der Waals surface area (Å²) in [4.78, 5) is 13.6. The number of likely N-dealkylation sites (N-methyl/N-ethyl adjacent to an activating group) is 1. The molecule has 2 amide bonds. The van der Waals surface area contributed by atoms with Crippen LogP contribution in [0.15, 0.2) is 53.0 Å². The van der Waals surface area contributed by atoms with Crippen molar-refractivity contribution >= 4 is 39.2 Å². The van der Waals surface area contributed by atoms with Crippen LogP contribution in [0, 0.1) is 0 Å². The molecular formula is C16H16BrClN2O2. The Labute approximate surface area is 143 Å². The predicted octanol–water partition coefficient (Wildman–Crippen LogP) is 4.65. The van der Waals surface area contributed by atoms with Crippen molar-refractivity contribution in [1.29, 1.82) is 0 Å². The molecule has 4 nitrogen and oxygen atoms in total. The number of nitrogens with one attached hydrogen (secondary N) is 1. The SMILES string of the molecule is CN(CCOc1ccc(Cl)cc1)C(=O)Nc1ccccc1Br. The highest BCUT2D eigenvalue weighted by molar-refractivity contribution is 9.10. The Kier molecular flexibility index (Phi) is 6.10. The summed E-state index contributed by atoms with van der Waals surface area (Å²) >= 11 is 9.20. The van der Waals surface area contributed by atoms with Crippen molar-refractivity contribution in [2.75, 3.05) is 25.5 Å². The van der Waals surface area contributed by atoms with E-state index < -0.39 is 0 Å². The van der Waals surface area contributed by atoms with Crippen LogP contribution < -0.4 is 10.1 Å². The maximum absolute atomic E-state index is 12.1. The van der Waals surface area contributed by atoms with Crippen LogP contribution >= 0.6 is 27.5 Å². The van der Waals surface area contributed by atoms with E-state index in [1.54, 1.807) is 36.2 Å². The molecule has 1 N–H and O–H groups in total. The third-order valence-electron chi connectivity index (χ3n) is 2.97. The van der Waals surface area contributed by atoms with Gasteiger partial charge in [-0.25, -0.2) is 4.79 Å². The second-order valence-corrected chi connectivity index (χ2v) is 5.92. The van der Waals surface area contributed by atoms with Gasteiger partial charge in [-0.3, -0.25) is 0 Å². The summed E-state index contributed by atoms with van der Waals surface area (Å²) in [5.74, 6) is 0.726. The number of rotatable bonds is 5. The lowest BCUT2D eigenvalue weighted by Gasteiger charge is -2.18. The Morgan fingerprint density at radius 1 is 1.23 bits per heavy atom. The number of benzene rings is 2. The Bertz CT molecular complexity index is 634. The molecule has 0 atom stereocenters. The highest BCUT2D eigenvalue weighted by atomic mass is 79.9. The first kappa shape index (κ1) is 16.6. The lowest BCUT2D eigenvalue weighted by molar-refractivity contribution is 0.207. The van der Waals surface area contributed by atoms with Crippen molar-refractivity contribution in [3.63, 3.8) is 0 Å². The zero-order valence-corrected chi connectivity index (χ0v) is 14.4. The molecule has 0 fully saturated rings. The highest BCUT2D eigenvalue weighted by Crippen LogP contribution is 2.21. The topological polar surface area (TPSA) is 41.6 Å². The molecule has 2 rings (SSSR count). The van der Waals surface area contributed by atoms with E-state index in [0.717, 1.165) is 15.9 Å². The Balaban J connectivity index is 1.79. The number of para-hydroxylation sites is 1. The summed E-state index contributed by atoms with van der Waals surface area (Å²) in [6, 6.07) is 14.4. The first-order valence-electron chi connectivity index (χ1n) is 6.71. The van der Waals surface area contributed by atoms with E-state index in [4.69, 9.17) is 16.3 Å². The van der Waals surface area contributed by atoms with Gasteiger partial charge in [0.2, 0.25) is 0 Å². The number of amides is 2. The van der Waals surface area contributed by atoms with Crippen LogP contribution in [0.2, 0.25) is 5.02 Å². The third kappa shape index (κ3) is 4.93. The lowest BCUT2D eigenvalue weighted by atomic mass is 10.3. The number of hydrogen-bond donors (Lipinski definition) is 1. The molecule has 0 aliphatic carbocycles. The van der Waals surface area contributed by atoms with Gasteiger partial charge in [-0.2, -0.15) is 0 Å². The smallest absolute Gasteiger partial charge is 0.321 e. The molecule has 22 heavy (non-hydrogen) atoms. The van der Waals surface area contributed by atoms with Crippen LogP contribution in [0.1, 0.15) is 0 Å². The van der Waals surface area contributed by atoms with Gasteiger partial charge in [-0.1, -0.05) is 23.7 Å². The number of carbonyl (C=O) groups excluding carboxylic acids is 1. The van der Waals surface area contributed by atoms with Gasteiger partial charge in [-0.15, -0.1) is 0 Å². The summed E-state index contributed by atoms with van der Waals surface area (Å²) in [6.07, 6.45) is 0. The molecule has 0 saturated heterocycles. The lowest BCUT2D eigenvalue weighted by Crippen LogP contribution is -2.34. The van der Waals surface area contributed by atoms with Gasteiger partial charge in [0, 0.05) is 16.5 Å². The molecule has 0 aliphatic heterocycles. The normalized spacial score (nSPS) is 10.1. The van der Waals surface area contributed by atoms with Crippen LogP contribution in [-0.2, 0) is 0 Å². The molecule has 0 radical (unpaired) electrons. The molecular weight excluding hydrogens is 368 g/mol. The first-order chi connectivity index (χ1) is 10.6. The molecule has 116 valence electrons. The molecule has 0 bridgehead atoms. The summed E-state index contributed by atoms with van der Waals surface area (Å²) in [5, 5.41) is 3.50. The number of ether oxygens (including phenoxy) is 1.